The third-order valence-corrected chi connectivity index (χ3v) is 6.02. The quantitative estimate of drug-likeness (QED) is 0.0686. The Morgan fingerprint density at radius 1 is 1.05 bits per heavy atom. The summed E-state index contributed by atoms with van der Waals surface area (Å²) in [6.45, 7) is 7.55. The van der Waals surface area contributed by atoms with Gasteiger partial charge in [-0.1, -0.05) is 34.1 Å². The van der Waals surface area contributed by atoms with E-state index in [0.717, 1.165) is 0 Å². The number of nitrogens with two attached hydrogens (primary N) is 3. The Bertz CT molecular complexity index is 932. The number of imidazole rings is 1. The molecule has 0 saturated heterocycles. The Morgan fingerprint density at radius 2 is 1.71 bits per heavy atom. The van der Waals surface area contributed by atoms with E-state index < -0.39 is 47.9 Å². The number of amides is 3. The molecule has 14 nitrogen and oxygen atoms in total. The average molecular weight is 538 g/mol. The number of aromatic nitrogens is 2. The van der Waals surface area contributed by atoms with Gasteiger partial charge in [0.05, 0.1) is 12.4 Å². The summed E-state index contributed by atoms with van der Waals surface area (Å²) in [5, 5.41) is 17.4. The van der Waals surface area contributed by atoms with Crippen molar-refractivity contribution in [3.05, 3.63) is 18.2 Å². The van der Waals surface area contributed by atoms with Crippen LogP contribution in [0.15, 0.2) is 17.5 Å². The molecule has 0 aromatic carbocycles. The lowest BCUT2D eigenvalue weighted by molar-refractivity contribution is -0.143. The SMILES string of the molecule is CCC(C)C(NC(=O)C(N)Cc1cnc[nH]1)C(=O)NC(CCCN=C(N)N)C(=O)NC(CC(C)C)C(=O)O. The van der Waals surface area contributed by atoms with E-state index in [1.807, 2.05) is 20.8 Å². The van der Waals surface area contributed by atoms with E-state index in [2.05, 4.69) is 30.9 Å². The smallest absolute Gasteiger partial charge is 0.326 e. The second kappa shape index (κ2) is 16.2. The van der Waals surface area contributed by atoms with Crippen LogP contribution in [0.1, 0.15) is 59.1 Å². The maximum atomic E-state index is 13.3. The number of carboxylic acid groups (broad SMARTS) is 1. The first-order chi connectivity index (χ1) is 17.8. The predicted octanol–water partition coefficient (Wildman–Crippen LogP) is -1.04. The van der Waals surface area contributed by atoms with E-state index in [-0.39, 0.29) is 43.6 Å². The van der Waals surface area contributed by atoms with Crippen molar-refractivity contribution in [2.75, 3.05) is 6.54 Å². The van der Waals surface area contributed by atoms with Gasteiger partial charge in [0.25, 0.3) is 0 Å². The molecule has 1 aromatic rings. The molecular formula is C24H43N9O5. The van der Waals surface area contributed by atoms with Crippen molar-refractivity contribution in [2.45, 2.75) is 84.0 Å². The summed E-state index contributed by atoms with van der Waals surface area (Å²) in [5.41, 5.74) is 17.4. The average Bonchev–Trinajstić information content (AvgIpc) is 3.35. The number of guanidine groups is 1. The van der Waals surface area contributed by atoms with Gasteiger partial charge in [0.2, 0.25) is 17.7 Å². The summed E-state index contributed by atoms with van der Waals surface area (Å²) in [6.07, 6.45) is 4.49. The highest BCUT2D eigenvalue weighted by Crippen LogP contribution is 2.11. The zero-order chi connectivity index (χ0) is 28.8. The largest absolute Gasteiger partial charge is 0.480 e. The minimum absolute atomic E-state index is 0.0160. The summed E-state index contributed by atoms with van der Waals surface area (Å²) in [5.74, 6) is -3.31. The molecule has 3 amide bonds. The third-order valence-electron chi connectivity index (χ3n) is 6.02. The molecule has 5 atom stereocenters. The maximum Gasteiger partial charge on any atom is 0.326 e. The number of H-pyrrole nitrogens is 1. The molecule has 1 aromatic heterocycles. The highest BCUT2D eigenvalue weighted by Gasteiger charge is 2.32. The fourth-order valence-electron chi connectivity index (χ4n) is 3.69. The first kappa shape index (κ1) is 32.3. The Morgan fingerprint density at radius 3 is 2.24 bits per heavy atom. The Hall–Kier alpha value is -3.68. The van der Waals surface area contributed by atoms with Crippen molar-refractivity contribution < 1.29 is 24.3 Å². The summed E-state index contributed by atoms with van der Waals surface area (Å²) in [7, 11) is 0. The van der Waals surface area contributed by atoms with Crippen LogP contribution >= 0.6 is 0 Å². The van der Waals surface area contributed by atoms with Gasteiger partial charge >= 0.3 is 5.97 Å². The van der Waals surface area contributed by atoms with Crippen molar-refractivity contribution in [3.63, 3.8) is 0 Å². The summed E-state index contributed by atoms with van der Waals surface area (Å²) < 4.78 is 0. The molecule has 0 aliphatic carbocycles. The second-order valence-corrected chi connectivity index (χ2v) is 9.80. The molecule has 0 fully saturated rings. The van der Waals surface area contributed by atoms with Crippen molar-refractivity contribution in [1.82, 2.24) is 25.9 Å². The van der Waals surface area contributed by atoms with Gasteiger partial charge in [-0.3, -0.25) is 19.4 Å². The third kappa shape index (κ3) is 11.6. The van der Waals surface area contributed by atoms with Crippen LogP contribution in [0, 0.1) is 11.8 Å². The van der Waals surface area contributed by atoms with E-state index in [4.69, 9.17) is 17.2 Å². The molecule has 1 heterocycles. The zero-order valence-electron chi connectivity index (χ0n) is 22.6. The molecule has 5 unspecified atom stereocenters. The van der Waals surface area contributed by atoms with Crippen LogP contribution < -0.4 is 33.2 Å². The van der Waals surface area contributed by atoms with E-state index in [0.29, 0.717) is 18.5 Å². The van der Waals surface area contributed by atoms with Crippen LogP contribution in [-0.2, 0) is 25.6 Å². The first-order valence-electron chi connectivity index (χ1n) is 12.8. The highest BCUT2D eigenvalue weighted by molar-refractivity contribution is 5.94. The zero-order valence-corrected chi connectivity index (χ0v) is 22.6. The molecule has 0 aliphatic rings. The topological polar surface area (TPSA) is 244 Å². The number of nitrogens with zero attached hydrogens (tertiary/aromatic N) is 2. The number of aromatic amines is 1. The number of aliphatic carboxylic acids is 1. The molecule has 214 valence electrons. The molecule has 1 rings (SSSR count). The fraction of sp³-hybridized carbons (Fsp3) is 0.667. The maximum absolute atomic E-state index is 13.3. The Labute approximate surface area is 223 Å². The fourth-order valence-corrected chi connectivity index (χ4v) is 3.69. The number of nitrogens with one attached hydrogen (secondary N) is 4. The number of rotatable bonds is 17. The summed E-state index contributed by atoms with van der Waals surface area (Å²) in [4.78, 5) is 61.5. The van der Waals surface area contributed by atoms with Crippen molar-refractivity contribution >= 4 is 29.7 Å². The van der Waals surface area contributed by atoms with Crippen LogP contribution in [0.4, 0.5) is 0 Å². The van der Waals surface area contributed by atoms with Crippen LogP contribution in [0.5, 0.6) is 0 Å². The molecule has 0 radical (unpaired) electrons. The number of carbonyl (C=O) groups excluding carboxylic acids is 3. The lowest BCUT2D eigenvalue weighted by atomic mass is 9.96. The summed E-state index contributed by atoms with van der Waals surface area (Å²) in [6, 6.07) is -4.10. The monoisotopic (exact) mass is 537 g/mol. The lowest BCUT2D eigenvalue weighted by Gasteiger charge is -2.28. The molecule has 14 heteroatoms. The van der Waals surface area contributed by atoms with Crippen LogP contribution in [-0.4, -0.2) is 75.4 Å². The normalized spacial score (nSPS) is 15.0. The Balaban J connectivity index is 3.03. The van der Waals surface area contributed by atoms with Gasteiger partial charge in [0.1, 0.15) is 18.1 Å². The molecule has 0 aliphatic heterocycles. The molecule has 0 bridgehead atoms. The van der Waals surface area contributed by atoms with Crippen molar-refractivity contribution in [1.29, 1.82) is 0 Å². The van der Waals surface area contributed by atoms with Gasteiger partial charge in [-0.2, -0.15) is 0 Å². The molecule has 0 saturated carbocycles. The first-order valence-corrected chi connectivity index (χ1v) is 12.8. The van der Waals surface area contributed by atoms with Gasteiger partial charge in [-0.15, -0.1) is 0 Å². The van der Waals surface area contributed by atoms with Crippen LogP contribution in [0.2, 0.25) is 0 Å². The lowest BCUT2D eigenvalue weighted by Crippen LogP contribution is -2.58. The summed E-state index contributed by atoms with van der Waals surface area (Å²) >= 11 is 0. The Kier molecular flexibility index (Phi) is 13.8. The minimum atomic E-state index is -1.17. The number of hydrogen-bond donors (Lipinski definition) is 8. The highest BCUT2D eigenvalue weighted by atomic mass is 16.4. The van der Waals surface area contributed by atoms with E-state index in [1.165, 1.54) is 6.33 Å². The van der Waals surface area contributed by atoms with Crippen LogP contribution in [0.3, 0.4) is 0 Å². The minimum Gasteiger partial charge on any atom is -0.480 e. The molecule has 11 N–H and O–H groups in total. The predicted molar refractivity (Wildman–Crippen MR) is 143 cm³/mol. The van der Waals surface area contributed by atoms with Crippen molar-refractivity contribution in [2.24, 2.45) is 34.0 Å². The molecular weight excluding hydrogens is 494 g/mol. The van der Waals surface area contributed by atoms with E-state index >= 15 is 0 Å². The molecule has 38 heavy (non-hydrogen) atoms. The van der Waals surface area contributed by atoms with Gasteiger partial charge in [0, 0.05) is 24.9 Å². The molecule has 0 spiro atoms. The van der Waals surface area contributed by atoms with E-state index in [1.54, 1.807) is 13.1 Å². The van der Waals surface area contributed by atoms with Gasteiger partial charge < -0.3 is 43.2 Å². The van der Waals surface area contributed by atoms with Gasteiger partial charge in [-0.05, 0) is 31.1 Å². The van der Waals surface area contributed by atoms with Crippen molar-refractivity contribution in [3.8, 4) is 0 Å². The standard InChI is InChI=1S/C24H43N9O5/c1-5-14(4)19(33-20(34)16(25)10-15-11-28-12-30-15)22(36)31-17(7-6-8-29-24(26)27)21(35)32-18(23(37)38)9-13(2)3/h11-14,16-19H,5-10,25H2,1-4H3,(H,28,30)(H,31,36)(H,32,35)(H,33,34)(H,37,38)(H4,26,27,29). The number of carbonyl (C=O) groups is 4. The van der Waals surface area contributed by atoms with Crippen LogP contribution in [0.25, 0.3) is 0 Å². The number of hydrogen-bond acceptors (Lipinski definition) is 7. The second-order valence-electron chi connectivity index (χ2n) is 9.80. The van der Waals surface area contributed by atoms with Gasteiger partial charge in [0.15, 0.2) is 5.96 Å². The number of carboxylic acids is 1. The van der Waals surface area contributed by atoms with E-state index in [9.17, 15) is 24.3 Å². The number of aliphatic imine (C=N–C) groups is 1. The van der Waals surface area contributed by atoms with Gasteiger partial charge in [-0.25, -0.2) is 9.78 Å².